The molecule has 0 fully saturated rings. The molecule has 0 aromatic rings. The molecule has 0 radical (unpaired) electrons. The molecule has 0 amide bonds. The highest BCUT2D eigenvalue weighted by Crippen LogP contribution is 2.33. The van der Waals surface area contributed by atoms with Gasteiger partial charge in [0.05, 0.1) is 0 Å². The highest BCUT2D eigenvalue weighted by atomic mass is 32.1. The van der Waals surface area contributed by atoms with Gasteiger partial charge in [-0.05, 0) is 30.4 Å². The van der Waals surface area contributed by atoms with Gasteiger partial charge >= 0.3 is 11.9 Å². The molecule has 15 heavy (non-hydrogen) atoms. The largest absolute Gasteiger partial charge is 0.481 e. The van der Waals surface area contributed by atoms with E-state index in [0.29, 0.717) is 18.6 Å². The molecule has 0 heterocycles. The molecule has 0 aliphatic heterocycles. The smallest absolute Gasteiger partial charge is 0.303 e. The quantitative estimate of drug-likeness (QED) is 0.562. The van der Waals surface area contributed by atoms with Crippen LogP contribution in [0.25, 0.3) is 0 Å². The van der Waals surface area contributed by atoms with Crippen LogP contribution in [0.5, 0.6) is 0 Å². The second-order valence-corrected chi connectivity index (χ2v) is 4.52. The Labute approximate surface area is 95.1 Å². The van der Waals surface area contributed by atoms with E-state index in [1.54, 1.807) is 0 Å². The third kappa shape index (κ3) is 7.25. The maximum Gasteiger partial charge on any atom is 0.303 e. The summed E-state index contributed by atoms with van der Waals surface area (Å²) in [4.78, 5) is 20.9. The van der Waals surface area contributed by atoms with Gasteiger partial charge in [0.2, 0.25) is 0 Å². The molecule has 88 valence electrons. The molecule has 0 aromatic carbocycles. The predicted molar refractivity (Wildman–Crippen MR) is 60.3 cm³/mol. The van der Waals surface area contributed by atoms with Crippen LogP contribution >= 0.6 is 12.6 Å². The van der Waals surface area contributed by atoms with Gasteiger partial charge in [-0.3, -0.25) is 9.59 Å². The van der Waals surface area contributed by atoms with Crippen LogP contribution < -0.4 is 0 Å². The summed E-state index contributed by atoms with van der Waals surface area (Å²) in [5.41, 5.74) is -0.224. The fourth-order valence-electron chi connectivity index (χ4n) is 1.46. The van der Waals surface area contributed by atoms with Gasteiger partial charge in [-0.25, -0.2) is 0 Å². The third-order valence-electron chi connectivity index (χ3n) is 2.60. The van der Waals surface area contributed by atoms with E-state index < -0.39 is 11.9 Å². The maximum absolute atomic E-state index is 10.5. The van der Waals surface area contributed by atoms with Gasteiger partial charge in [0, 0.05) is 12.8 Å². The standard InChI is InChI=1S/C10H18O4S/c1-10(6-7-15,4-2-8(11)12)5-3-9(13)14/h15H,2-7H2,1H3,(H,11,12)(H,13,14). The summed E-state index contributed by atoms with van der Waals surface area (Å²) in [6.45, 7) is 1.93. The van der Waals surface area contributed by atoms with Crippen molar-refractivity contribution in [2.45, 2.75) is 39.0 Å². The van der Waals surface area contributed by atoms with Gasteiger partial charge < -0.3 is 10.2 Å². The molecule has 0 aliphatic rings. The van der Waals surface area contributed by atoms with Crippen molar-refractivity contribution in [2.24, 2.45) is 5.41 Å². The number of carbonyl (C=O) groups is 2. The monoisotopic (exact) mass is 234 g/mol. The van der Waals surface area contributed by atoms with Gasteiger partial charge in [0.1, 0.15) is 0 Å². The number of thiol groups is 1. The molecule has 0 spiro atoms. The second kappa shape index (κ2) is 6.71. The number of rotatable bonds is 8. The molecule has 0 unspecified atom stereocenters. The Morgan fingerprint density at radius 2 is 1.47 bits per heavy atom. The number of hydrogen-bond acceptors (Lipinski definition) is 3. The minimum Gasteiger partial charge on any atom is -0.481 e. The minimum atomic E-state index is -0.837. The van der Waals surface area contributed by atoms with Gasteiger partial charge in [0.25, 0.3) is 0 Å². The van der Waals surface area contributed by atoms with E-state index in [2.05, 4.69) is 12.6 Å². The van der Waals surface area contributed by atoms with Crippen LogP contribution in [0, 0.1) is 5.41 Å². The average molecular weight is 234 g/mol. The highest BCUT2D eigenvalue weighted by molar-refractivity contribution is 7.80. The Kier molecular flexibility index (Phi) is 6.40. The molecule has 0 saturated carbocycles. The molecule has 0 aromatic heterocycles. The average Bonchev–Trinajstić information content (AvgIpc) is 2.13. The number of aliphatic carboxylic acids is 2. The molecule has 5 heteroatoms. The fourth-order valence-corrected chi connectivity index (χ4v) is 2.00. The summed E-state index contributed by atoms with van der Waals surface area (Å²) < 4.78 is 0. The van der Waals surface area contributed by atoms with E-state index in [4.69, 9.17) is 10.2 Å². The number of carboxylic acid groups (broad SMARTS) is 2. The van der Waals surface area contributed by atoms with E-state index in [1.807, 2.05) is 6.92 Å². The Bertz CT molecular complexity index is 209. The van der Waals surface area contributed by atoms with Crippen molar-refractivity contribution < 1.29 is 19.8 Å². The summed E-state index contributed by atoms with van der Waals surface area (Å²) >= 11 is 4.11. The lowest BCUT2D eigenvalue weighted by atomic mass is 9.78. The topological polar surface area (TPSA) is 74.6 Å². The van der Waals surface area contributed by atoms with Gasteiger partial charge in [-0.2, -0.15) is 12.6 Å². The number of hydrogen-bond donors (Lipinski definition) is 3. The van der Waals surface area contributed by atoms with E-state index in [0.717, 1.165) is 6.42 Å². The molecule has 2 N–H and O–H groups in total. The third-order valence-corrected chi connectivity index (χ3v) is 2.82. The zero-order chi connectivity index (χ0) is 11.9. The summed E-state index contributed by atoms with van der Waals surface area (Å²) in [7, 11) is 0. The van der Waals surface area contributed by atoms with Crippen molar-refractivity contribution in [1.82, 2.24) is 0 Å². The normalized spacial score (nSPS) is 11.3. The van der Waals surface area contributed by atoms with Crippen LogP contribution in [-0.2, 0) is 9.59 Å². The summed E-state index contributed by atoms with van der Waals surface area (Å²) in [5.74, 6) is -1.03. The summed E-state index contributed by atoms with van der Waals surface area (Å²) in [6, 6.07) is 0. The van der Waals surface area contributed by atoms with E-state index in [1.165, 1.54) is 0 Å². The minimum absolute atomic E-state index is 0.0872. The molecule has 0 bridgehead atoms. The molecule has 0 aliphatic carbocycles. The van der Waals surface area contributed by atoms with Crippen molar-refractivity contribution in [1.29, 1.82) is 0 Å². The lowest BCUT2D eigenvalue weighted by Gasteiger charge is -2.27. The zero-order valence-electron chi connectivity index (χ0n) is 8.90. The van der Waals surface area contributed by atoms with Crippen LogP contribution in [-0.4, -0.2) is 27.9 Å². The molecule has 4 nitrogen and oxygen atoms in total. The van der Waals surface area contributed by atoms with E-state index in [-0.39, 0.29) is 18.3 Å². The Hall–Kier alpha value is -0.710. The number of carboxylic acids is 2. The first-order valence-electron chi connectivity index (χ1n) is 4.94. The molecular formula is C10H18O4S. The van der Waals surface area contributed by atoms with Crippen molar-refractivity contribution in [3.05, 3.63) is 0 Å². The van der Waals surface area contributed by atoms with Crippen molar-refractivity contribution in [3.8, 4) is 0 Å². The molecule has 0 saturated heterocycles. The molecule has 0 atom stereocenters. The fraction of sp³-hybridized carbons (Fsp3) is 0.800. The van der Waals surface area contributed by atoms with Crippen molar-refractivity contribution in [2.75, 3.05) is 5.75 Å². The second-order valence-electron chi connectivity index (χ2n) is 4.07. The Morgan fingerprint density at radius 3 is 1.73 bits per heavy atom. The first-order valence-corrected chi connectivity index (χ1v) is 5.57. The first-order chi connectivity index (χ1) is 6.89. The van der Waals surface area contributed by atoms with Crippen LogP contribution in [0.2, 0.25) is 0 Å². The molecule has 0 rings (SSSR count). The Balaban J connectivity index is 4.17. The van der Waals surface area contributed by atoms with Crippen molar-refractivity contribution >= 4 is 24.6 Å². The lowest BCUT2D eigenvalue weighted by molar-refractivity contribution is -0.137. The van der Waals surface area contributed by atoms with Gasteiger partial charge in [-0.1, -0.05) is 6.92 Å². The van der Waals surface area contributed by atoms with Crippen LogP contribution in [0.4, 0.5) is 0 Å². The van der Waals surface area contributed by atoms with Gasteiger partial charge in [-0.15, -0.1) is 0 Å². The first kappa shape index (κ1) is 14.3. The van der Waals surface area contributed by atoms with E-state index >= 15 is 0 Å². The summed E-state index contributed by atoms with van der Waals surface area (Å²) in [5, 5.41) is 17.2. The van der Waals surface area contributed by atoms with Crippen LogP contribution in [0.15, 0.2) is 0 Å². The van der Waals surface area contributed by atoms with Gasteiger partial charge in [0.15, 0.2) is 0 Å². The predicted octanol–water partition coefficient (Wildman–Crippen LogP) is 2.04. The van der Waals surface area contributed by atoms with Crippen molar-refractivity contribution in [3.63, 3.8) is 0 Å². The van der Waals surface area contributed by atoms with Crippen LogP contribution in [0.1, 0.15) is 39.0 Å². The zero-order valence-corrected chi connectivity index (χ0v) is 9.80. The summed E-state index contributed by atoms with van der Waals surface area (Å²) in [6.07, 6.45) is 1.94. The SMILES string of the molecule is CC(CCS)(CCC(=O)O)CCC(=O)O. The Morgan fingerprint density at radius 1 is 1.07 bits per heavy atom. The van der Waals surface area contributed by atoms with Crippen LogP contribution in [0.3, 0.4) is 0 Å². The highest BCUT2D eigenvalue weighted by Gasteiger charge is 2.25. The molecular weight excluding hydrogens is 216 g/mol. The van der Waals surface area contributed by atoms with E-state index in [9.17, 15) is 9.59 Å². The maximum atomic E-state index is 10.5. The lowest BCUT2D eigenvalue weighted by Crippen LogP contribution is -2.20.